The zero-order valence-corrected chi connectivity index (χ0v) is 14.0. The predicted octanol–water partition coefficient (Wildman–Crippen LogP) is 3.55. The fraction of sp³-hybridized carbons (Fsp3) is 0.333. The molecule has 0 aromatic heterocycles. The molecule has 0 saturated carbocycles. The number of benzene rings is 2. The van der Waals surface area contributed by atoms with E-state index in [9.17, 15) is 4.79 Å². The highest BCUT2D eigenvalue weighted by atomic mass is 16.1. The molecule has 1 saturated heterocycles. The Balaban J connectivity index is 1.66. The number of nitriles is 1. The molecule has 122 valence electrons. The molecule has 2 atom stereocenters. The van der Waals surface area contributed by atoms with Crippen LogP contribution in [0.25, 0.3) is 0 Å². The predicted molar refractivity (Wildman–Crippen MR) is 95.0 cm³/mol. The van der Waals surface area contributed by atoms with E-state index in [1.54, 1.807) is 12.1 Å². The van der Waals surface area contributed by atoms with Crippen molar-refractivity contribution in [1.82, 2.24) is 5.32 Å². The van der Waals surface area contributed by atoms with E-state index in [1.807, 2.05) is 19.1 Å². The van der Waals surface area contributed by atoms with Gasteiger partial charge in [0.05, 0.1) is 11.6 Å². The second kappa shape index (κ2) is 7.42. The molecule has 1 N–H and O–H groups in total. The smallest absolute Gasteiger partial charge is 0.144 e. The molecule has 1 heterocycles. The van der Waals surface area contributed by atoms with Gasteiger partial charge < -0.3 is 5.32 Å². The maximum Gasteiger partial charge on any atom is 0.144 e. The number of carbonyl (C=O) groups is 1. The Morgan fingerprint density at radius 2 is 2.08 bits per heavy atom. The van der Waals surface area contributed by atoms with Crippen LogP contribution in [0.1, 0.15) is 47.4 Å². The van der Waals surface area contributed by atoms with Crippen LogP contribution in [0, 0.1) is 11.3 Å². The van der Waals surface area contributed by atoms with Gasteiger partial charge >= 0.3 is 0 Å². The Morgan fingerprint density at radius 1 is 1.29 bits per heavy atom. The van der Waals surface area contributed by atoms with E-state index in [2.05, 4.69) is 35.7 Å². The first-order valence-electron chi connectivity index (χ1n) is 8.49. The molecule has 24 heavy (non-hydrogen) atoms. The van der Waals surface area contributed by atoms with Crippen molar-refractivity contribution in [1.29, 1.82) is 5.26 Å². The molecule has 3 heteroatoms. The van der Waals surface area contributed by atoms with Gasteiger partial charge in [-0.1, -0.05) is 43.3 Å². The zero-order valence-electron chi connectivity index (χ0n) is 14.0. The van der Waals surface area contributed by atoms with Crippen LogP contribution < -0.4 is 5.32 Å². The summed E-state index contributed by atoms with van der Waals surface area (Å²) in [5, 5.41) is 12.4. The zero-order chi connectivity index (χ0) is 16.9. The molecule has 0 spiro atoms. The molecular formula is C21H22N2O. The summed E-state index contributed by atoms with van der Waals surface area (Å²) in [6.45, 7) is 4.05. The number of carbonyl (C=O) groups excluding carboxylic acids is 1. The normalized spacial score (nSPS) is 18.1. The molecule has 0 amide bonds. The van der Waals surface area contributed by atoms with Crippen LogP contribution in [0.4, 0.5) is 0 Å². The van der Waals surface area contributed by atoms with Crippen LogP contribution in [0.3, 0.4) is 0 Å². The Labute approximate surface area is 143 Å². The lowest BCUT2D eigenvalue weighted by Gasteiger charge is -2.13. The number of nitrogens with one attached hydrogen (secondary N) is 1. The molecule has 0 radical (unpaired) electrons. The van der Waals surface area contributed by atoms with Gasteiger partial charge in [-0.05, 0) is 47.7 Å². The fourth-order valence-electron chi connectivity index (χ4n) is 3.26. The molecule has 2 aromatic rings. The summed E-state index contributed by atoms with van der Waals surface area (Å²) >= 11 is 0. The molecule has 3 rings (SSSR count). The molecule has 0 bridgehead atoms. The third-order valence-corrected chi connectivity index (χ3v) is 4.89. The van der Waals surface area contributed by atoms with Gasteiger partial charge in [0, 0.05) is 18.9 Å². The van der Waals surface area contributed by atoms with E-state index in [4.69, 9.17) is 5.26 Å². The number of hydrogen-bond donors (Lipinski definition) is 1. The largest absolute Gasteiger partial charge is 0.316 e. The average molecular weight is 318 g/mol. The minimum Gasteiger partial charge on any atom is -0.316 e. The standard InChI is InChI=1S/C21H22N2O/c1-15(19-4-2-3-17(11-19)13-22)21(24)12-16-5-7-18(8-6-16)20-9-10-23-14-20/h2-8,11,15,20,23H,9-10,12,14H2,1H3. The summed E-state index contributed by atoms with van der Waals surface area (Å²) in [5.41, 5.74) is 3.92. The van der Waals surface area contributed by atoms with Gasteiger partial charge in [-0.15, -0.1) is 0 Å². The summed E-state index contributed by atoms with van der Waals surface area (Å²) in [6, 6.07) is 17.9. The third-order valence-electron chi connectivity index (χ3n) is 4.89. The van der Waals surface area contributed by atoms with E-state index >= 15 is 0 Å². The number of rotatable bonds is 5. The molecule has 2 unspecified atom stereocenters. The number of ketones is 1. The lowest BCUT2D eigenvalue weighted by atomic mass is 9.91. The number of Topliss-reactive ketones (excluding diaryl/α,β-unsaturated/α-hetero) is 1. The monoisotopic (exact) mass is 318 g/mol. The molecule has 2 aromatic carbocycles. The third kappa shape index (κ3) is 3.72. The maximum absolute atomic E-state index is 12.6. The van der Waals surface area contributed by atoms with Gasteiger partial charge in [-0.25, -0.2) is 0 Å². The first-order chi connectivity index (χ1) is 11.7. The number of hydrogen-bond acceptors (Lipinski definition) is 3. The minimum atomic E-state index is -0.197. The van der Waals surface area contributed by atoms with Gasteiger partial charge in [-0.3, -0.25) is 4.79 Å². The molecule has 3 nitrogen and oxygen atoms in total. The SMILES string of the molecule is CC(C(=O)Cc1ccc(C2CCNC2)cc1)c1cccc(C#N)c1. The highest BCUT2D eigenvalue weighted by Gasteiger charge is 2.18. The molecule has 1 aliphatic heterocycles. The average Bonchev–Trinajstić information content (AvgIpc) is 3.16. The van der Waals surface area contributed by atoms with E-state index < -0.39 is 0 Å². The van der Waals surface area contributed by atoms with E-state index in [-0.39, 0.29) is 11.7 Å². The molecule has 0 aliphatic carbocycles. The van der Waals surface area contributed by atoms with Crippen LogP contribution >= 0.6 is 0 Å². The first kappa shape index (κ1) is 16.4. The summed E-state index contributed by atoms with van der Waals surface area (Å²) in [5.74, 6) is 0.583. The van der Waals surface area contributed by atoms with Crippen molar-refractivity contribution >= 4 is 5.78 Å². The number of nitrogens with zero attached hydrogens (tertiary/aromatic N) is 1. The van der Waals surface area contributed by atoms with Crippen LogP contribution in [0.15, 0.2) is 48.5 Å². The van der Waals surface area contributed by atoms with Crippen molar-refractivity contribution in [3.63, 3.8) is 0 Å². The minimum absolute atomic E-state index is 0.181. The Morgan fingerprint density at radius 3 is 2.75 bits per heavy atom. The van der Waals surface area contributed by atoms with Crippen LogP contribution in [0.5, 0.6) is 0 Å². The second-order valence-electron chi connectivity index (χ2n) is 6.53. The Kier molecular flexibility index (Phi) is 5.08. The molecular weight excluding hydrogens is 296 g/mol. The van der Waals surface area contributed by atoms with Crippen LogP contribution in [-0.4, -0.2) is 18.9 Å². The van der Waals surface area contributed by atoms with Gasteiger partial charge in [0.15, 0.2) is 0 Å². The first-order valence-corrected chi connectivity index (χ1v) is 8.49. The summed E-state index contributed by atoms with van der Waals surface area (Å²) < 4.78 is 0. The highest BCUT2D eigenvalue weighted by Crippen LogP contribution is 2.24. The summed E-state index contributed by atoms with van der Waals surface area (Å²) in [4.78, 5) is 12.6. The van der Waals surface area contributed by atoms with Gasteiger partial charge in [0.25, 0.3) is 0 Å². The second-order valence-corrected chi connectivity index (χ2v) is 6.53. The van der Waals surface area contributed by atoms with Gasteiger partial charge in [0.2, 0.25) is 0 Å². The topological polar surface area (TPSA) is 52.9 Å². The van der Waals surface area contributed by atoms with Crippen LogP contribution in [-0.2, 0) is 11.2 Å². The molecule has 1 fully saturated rings. The van der Waals surface area contributed by atoms with E-state index in [0.717, 1.165) is 24.2 Å². The quantitative estimate of drug-likeness (QED) is 0.917. The van der Waals surface area contributed by atoms with Crippen molar-refractivity contribution in [2.45, 2.75) is 31.6 Å². The van der Waals surface area contributed by atoms with E-state index in [0.29, 0.717) is 17.9 Å². The highest BCUT2D eigenvalue weighted by molar-refractivity contribution is 5.87. The van der Waals surface area contributed by atoms with Crippen LogP contribution in [0.2, 0.25) is 0 Å². The lowest BCUT2D eigenvalue weighted by molar-refractivity contribution is -0.119. The fourth-order valence-corrected chi connectivity index (χ4v) is 3.26. The maximum atomic E-state index is 12.6. The summed E-state index contributed by atoms with van der Waals surface area (Å²) in [7, 11) is 0. The Bertz CT molecular complexity index is 752. The van der Waals surface area contributed by atoms with E-state index in [1.165, 1.54) is 12.0 Å². The van der Waals surface area contributed by atoms with Crippen molar-refractivity contribution < 1.29 is 4.79 Å². The van der Waals surface area contributed by atoms with Gasteiger partial charge in [-0.2, -0.15) is 5.26 Å². The van der Waals surface area contributed by atoms with Crippen molar-refractivity contribution in [2.75, 3.05) is 13.1 Å². The van der Waals surface area contributed by atoms with Crippen molar-refractivity contribution in [3.8, 4) is 6.07 Å². The van der Waals surface area contributed by atoms with Crippen molar-refractivity contribution in [3.05, 3.63) is 70.8 Å². The summed E-state index contributed by atoms with van der Waals surface area (Å²) in [6.07, 6.45) is 1.62. The van der Waals surface area contributed by atoms with Gasteiger partial charge in [0.1, 0.15) is 5.78 Å². The lowest BCUT2D eigenvalue weighted by Crippen LogP contribution is -2.12. The molecule has 1 aliphatic rings. The Hall–Kier alpha value is -2.44. The van der Waals surface area contributed by atoms with Crippen molar-refractivity contribution in [2.24, 2.45) is 0 Å².